The molecule has 1 saturated carbocycles. The molecule has 2 N–H and O–H groups in total. The van der Waals surface area contributed by atoms with Crippen LogP contribution in [0.1, 0.15) is 54.4 Å². The van der Waals surface area contributed by atoms with Gasteiger partial charge in [-0.2, -0.15) is 0 Å². The van der Waals surface area contributed by atoms with Crippen molar-refractivity contribution in [2.75, 3.05) is 36.4 Å². The lowest BCUT2D eigenvalue weighted by molar-refractivity contribution is -0.116. The van der Waals surface area contributed by atoms with Crippen molar-refractivity contribution in [3.63, 3.8) is 0 Å². The van der Waals surface area contributed by atoms with Crippen LogP contribution in [-0.2, 0) is 11.3 Å². The van der Waals surface area contributed by atoms with Gasteiger partial charge < -0.3 is 15.5 Å². The number of anilines is 2. The lowest BCUT2D eigenvalue weighted by atomic mass is 10.2. The van der Waals surface area contributed by atoms with Crippen LogP contribution in [0.15, 0.2) is 30.5 Å². The predicted octanol–water partition coefficient (Wildman–Crippen LogP) is 2.74. The summed E-state index contributed by atoms with van der Waals surface area (Å²) in [5.41, 5.74) is 3.63. The van der Waals surface area contributed by atoms with Crippen LogP contribution >= 0.6 is 0 Å². The largest absolute Gasteiger partial charge is 0.368 e. The number of amides is 2. The number of nitrogens with one attached hydrogen (secondary N) is 2. The molecule has 170 valence electrons. The van der Waals surface area contributed by atoms with E-state index in [0.29, 0.717) is 24.0 Å². The maximum absolute atomic E-state index is 12.2. The second-order valence-corrected chi connectivity index (χ2v) is 8.66. The molecule has 1 aliphatic heterocycles. The van der Waals surface area contributed by atoms with E-state index in [9.17, 15) is 9.59 Å². The van der Waals surface area contributed by atoms with Gasteiger partial charge in [-0.3, -0.25) is 14.5 Å². The Morgan fingerprint density at radius 3 is 2.59 bits per heavy atom. The number of aryl methyl sites for hydroxylation is 1. The van der Waals surface area contributed by atoms with Crippen molar-refractivity contribution in [3.8, 4) is 0 Å². The summed E-state index contributed by atoms with van der Waals surface area (Å²) in [6.07, 6.45) is 5.22. The molecule has 0 bridgehead atoms. The molecule has 32 heavy (non-hydrogen) atoms. The average Bonchev–Trinajstić information content (AvgIpc) is 3.59. The van der Waals surface area contributed by atoms with Crippen LogP contribution in [0.3, 0.4) is 0 Å². The Morgan fingerprint density at radius 2 is 1.91 bits per heavy atom. The minimum atomic E-state index is -0.0745. The molecule has 2 aromatic rings. The zero-order valence-corrected chi connectivity index (χ0v) is 18.9. The van der Waals surface area contributed by atoms with E-state index >= 15 is 0 Å². The van der Waals surface area contributed by atoms with Crippen molar-refractivity contribution in [2.24, 2.45) is 0 Å². The first kappa shape index (κ1) is 22.2. The van der Waals surface area contributed by atoms with E-state index in [1.807, 2.05) is 38.1 Å². The Kier molecular flexibility index (Phi) is 6.99. The summed E-state index contributed by atoms with van der Waals surface area (Å²) < 4.78 is 0. The summed E-state index contributed by atoms with van der Waals surface area (Å²) in [6, 6.07) is 8.15. The first-order valence-electron chi connectivity index (χ1n) is 11.5. The molecule has 0 spiro atoms. The summed E-state index contributed by atoms with van der Waals surface area (Å²) in [5, 5.41) is 5.87. The summed E-state index contributed by atoms with van der Waals surface area (Å²) in [4.78, 5) is 37.6. The number of hydrogen-bond acceptors (Lipinski definition) is 6. The molecule has 8 heteroatoms. The maximum Gasteiger partial charge on any atom is 0.270 e. The fourth-order valence-electron chi connectivity index (χ4n) is 3.98. The Labute approximate surface area is 189 Å². The van der Waals surface area contributed by atoms with Crippen LogP contribution in [0.25, 0.3) is 0 Å². The van der Waals surface area contributed by atoms with Crippen molar-refractivity contribution in [2.45, 2.75) is 52.1 Å². The van der Waals surface area contributed by atoms with Gasteiger partial charge >= 0.3 is 0 Å². The van der Waals surface area contributed by atoms with Gasteiger partial charge in [-0.25, -0.2) is 9.97 Å². The predicted molar refractivity (Wildman–Crippen MR) is 125 cm³/mol. The number of carbonyl (C=O) groups excluding carboxylic acids is 2. The van der Waals surface area contributed by atoms with E-state index in [4.69, 9.17) is 0 Å². The lowest BCUT2D eigenvalue weighted by Gasteiger charge is -2.36. The summed E-state index contributed by atoms with van der Waals surface area (Å²) >= 11 is 0. The average molecular weight is 437 g/mol. The monoisotopic (exact) mass is 436 g/mol. The minimum absolute atomic E-state index is 0.00535. The molecule has 0 unspecified atom stereocenters. The van der Waals surface area contributed by atoms with Crippen LogP contribution in [-0.4, -0.2) is 58.9 Å². The van der Waals surface area contributed by atoms with Gasteiger partial charge in [0.15, 0.2) is 0 Å². The Hall–Kier alpha value is -3.00. The minimum Gasteiger partial charge on any atom is -0.368 e. The smallest absolute Gasteiger partial charge is 0.270 e. The molecular weight excluding hydrogens is 404 g/mol. The number of hydrogen-bond donors (Lipinski definition) is 2. The normalized spacial score (nSPS) is 16.6. The maximum atomic E-state index is 12.2. The van der Waals surface area contributed by atoms with Gasteiger partial charge in [-0.15, -0.1) is 0 Å². The molecule has 8 nitrogen and oxygen atoms in total. The number of piperazine rings is 1. The molecule has 0 radical (unpaired) electrons. The number of nitrogens with zero attached hydrogens (tertiary/aromatic N) is 4. The highest BCUT2D eigenvalue weighted by Gasteiger charge is 2.25. The van der Waals surface area contributed by atoms with Gasteiger partial charge in [0.25, 0.3) is 5.91 Å². The van der Waals surface area contributed by atoms with E-state index in [2.05, 4.69) is 30.4 Å². The third kappa shape index (κ3) is 5.82. The zero-order valence-electron chi connectivity index (χ0n) is 18.9. The fourth-order valence-corrected chi connectivity index (χ4v) is 3.98. The molecular formula is C24H32N6O2. The molecule has 2 aromatic heterocycles. The van der Waals surface area contributed by atoms with Gasteiger partial charge in [0.2, 0.25) is 5.91 Å². The highest BCUT2D eigenvalue weighted by atomic mass is 16.2. The Morgan fingerprint density at radius 1 is 1.12 bits per heavy atom. The Balaban J connectivity index is 1.30. The molecule has 2 amide bonds. The van der Waals surface area contributed by atoms with Crippen LogP contribution in [0, 0.1) is 6.92 Å². The van der Waals surface area contributed by atoms with Crippen molar-refractivity contribution >= 4 is 23.3 Å². The van der Waals surface area contributed by atoms with Gasteiger partial charge in [-0.05, 0) is 56.0 Å². The fraction of sp³-hybridized carbons (Fsp3) is 0.500. The van der Waals surface area contributed by atoms with E-state index in [0.717, 1.165) is 68.9 Å². The topological polar surface area (TPSA) is 90.5 Å². The molecule has 4 rings (SSSR count). The van der Waals surface area contributed by atoms with E-state index in [1.165, 1.54) is 0 Å². The number of carbonyl (C=O) groups is 2. The molecule has 2 fully saturated rings. The highest BCUT2D eigenvalue weighted by molar-refractivity contribution is 5.93. The number of aromatic nitrogens is 2. The van der Waals surface area contributed by atoms with Gasteiger partial charge in [-0.1, -0.05) is 6.92 Å². The first-order valence-corrected chi connectivity index (χ1v) is 11.5. The van der Waals surface area contributed by atoms with Crippen LogP contribution < -0.4 is 15.5 Å². The van der Waals surface area contributed by atoms with Crippen molar-refractivity contribution in [1.29, 1.82) is 0 Å². The van der Waals surface area contributed by atoms with Crippen molar-refractivity contribution in [1.82, 2.24) is 20.2 Å². The molecule has 0 atom stereocenters. The SMILES string of the molecule is CCCC(=O)Nc1cc(CN2CCN(c3ccc(C(=O)NC4CC4)nc3C)CC2)ccn1. The third-order valence-electron chi connectivity index (χ3n) is 5.89. The quantitative estimate of drug-likeness (QED) is 0.661. The zero-order chi connectivity index (χ0) is 22.5. The molecule has 3 heterocycles. The second kappa shape index (κ2) is 10.1. The van der Waals surface area contributed by atoms with Crippen molar-refractivity contribution in [3.05, 3.63) is 47.4 Å². The second-order valence-electron chi connectivity index (χ2n) is 8.66. The van der Waals surface area contributed by atoms with Crippen LogP contribution in [0.2, 0.25) is 0 Å². The number of pyridine rings is 2. The summed E-state index contributed by atoms with van der Waals surface area (Å²) in [6.45, 7) is 8.46. The summed E-state index contributed by atoms with van der Waals surface area (Å²) in [7, 11) is 0. The van der Waals surface area contributed by atoms with Gasteiger partial charge in [0.05, 0.1) is 11.4 Å². The number of rotatable bonds is 8. The van der Waals surface area contributed by atoms with E-state index < -0.39 is 0 Å². The van der Waals surface area contributed by atoms with Crippen molar-refractivity contribution < 1.29 is 9.59 Å². The lowest BCUT2D eigenvalue weighted by Crippen LogP contribution is -2.46. The van der Waals surface area contributed by atoms with Crippen LogP contribution in [0.5, 0.6) is 0 Å². The molecule has 1 saturated heterocycles. The molecule has 2 aliphatic rings. The summed E-state index contributed by atoms with van der Waals surface area (Å²) in [5.74, 6) is 0.549. The molecule has 1 aliphatic carbocycles. The van der Waals surface area contributed by atoms with Crippen LogP contribution in [0.4, 0.5) is 11.5 Å². The van der Waals surface area contributed by atoms with Gasteiger partial charge in [0, 0.05) is 51.4 Å². The third-order valence-corrected chi connectivity index (χ3v) is 5.89. The molecule has 0 aromatic carbocycles. The Bertz CT molecular complexity index is 967. The van der Waals surface area contributed by atoms with E-state index in [1.54, 1.807) is 6.20 Å². The highest BCUT2D eigenvalue weighted by Crippen LogP contribution is 2.23. The first-order chi connectivity index (χ1) is 15.5. The van der Waals surface area contributed by atoms with Gasteiger partial charge in [0.1, 0.15) is 11.5 Å². The standard InChI is InChI=1S/C24H32N6O2/c1-3-4-23(31)28-22-15-18(9-10-25-22)16-29-11-13-30(14-12-29)21-8-7-20(26-17(21)2)24(32)27-19-5-6-19/h7-10,15,19H,3-6,11-14,16H2,1-2H3,(H,27,32)(H,25,28,31). The van der Waals surface area contributed by atoms with E-state index in [-0.39, 0.29) is 11.8 Å².